The molecule has 2 saturated heterocycles. The van der Waals surface area contributed by atoms with Crippen LogP contribution in [0, 0.1) is 5.92 Å². The molecule has 3 nitrogen and oxygen atoms in total. The molecule has 0 amide bonds. The lowest BCUT2D eigenvalue weighted by Crippen LogP contribution is -2.39. The molecule has 0 spiro atoms. The molecule has 0 bridgehead atoms. The molecule has 15 heavy (non-hydrogen) atoms. The molecular formula is C10H22Cl2N2O. The third-order valence-corrected chi connectivity index (χ3v) is 3.47. The fourth-order valence-electron chi connectivity index (χ4n) is 2.54. The number of nitrogens with zero attached hydrogens (tertiary/aromatic N) is 1. The zero-order chi connectivity index (χ0) is 9.26. The molecule has 2 N–H and O–H groups in total. The van der Waals surface area contributed by atoms with Crippen LogP contribution < -0.4 is 5.32 Å². The normalized spacial score (nSPS) is 33.2. The van der Waals surface area contributed by atoms with Crippen molar-refractivity contribution in [3.05, 3.63) is 0 Å². The van der Waals surface area contributed by atoms with Gasteiger partial charge in [-0.1, -0.05) is 0 Å². The lowest BCUT2D eigenvalue weighted by atomic mass is 9.88. The van der Waals surface area contributed by atoms with Gasteiger partial charge in [-0.2, -0.15) is 0 Å². The van der Waals surface area contributed by atoms with Crippen LogP contribution in [0.15, 0.2) is 0 Å². The topological polar surface area (TPSA) is 35.5 Å². The number of piperidine rings is 1. The van der Waals surface area contributed by atoms with E-state index in [9.17, 15) is 5.11 Å². The molecule has 0 radical (unpaired) electrons. The summed E-state index contributed by atoms with van der Waals surface area (Å²) in [6, 6.07) is 0.587. The highest BCUT2D eigenvalue weighted by Crippen LogP contribution is 2.24. The molecule has 2 aliphatic rings. The van der Waals surface area contributed by atoms with Gasteiger partial charge in [0, 0.05) is 12.6 Å². The Bertz CT molecular complexity index is 175. The highest BCUT2D eigenvalue weighted by molar-refractivity contribution is 5.85. The second-order valence-electron chi connectivity index (χ2n) is 4.54. The molecule has 92 valence electrons. The average molecular weight is 257 g/mol. The smallest absolute Gasteiger partial charge is 0.0679 e. The molecule has 0 aromatic rings. The van der Waals surface area contributed by atoms with Crippen molar-refractivity contribution >= 4 is 24.8 Å². The van der Waals surface area contributed by atoms with E-state index in [1.165, 1.54) is 25.9 Å². The van der Waals surface area contributed by atoms with Gasteiger partial charge >= 0.3 is 0 Å². The van der Waals surface area contributed by atoms with E-state index in [0.717, 1.165) is 18.9 Å². The monoisotopic (exact) mass is 256 g/mol. The second kappa shape index (κ2) is 6.92. The Kier molecular flexibility index (Phi) is 7.13. The number of likely N-dealkylation sites (tertiary alicyclic amines) is 1. The summed E-state index contributed by atoms with van der Waals surface area (Å²) in [5.41, 5.74) is 0. The molecule has 0 aromatic heterocycles. The van der Waals surface area contributed by atoms with Crippen molar-refractivity contribution in [2.45, 2.75) is 31.4 Å². The Morgan fingerprint density at radius 1 is 1.20 bits per heavy atom. The number of aliphatic hydroxyl groups is 1. The van der Waals surface area contributed by atoms with E-state index >= 15 is 0 Å². The van der Waals surface area contributed by atoms with Crippen LogP contribution in [0.5, 0.6) is 0 Å². The quantitative estimate of drug-likeness (QED) is 0.732. The fraction of sp³-hybridized carbons (Fsp3) is 1.00. The molecule has 0 aliphatic carbocycles. The zero-order valence-corrected chi connectivity index (χ0v) is 10.8. The van der Waals surface area contributed by atoms with Crippen molar-refractivity contribution in [3.8, 4) is 0 Å². The van der Waals surface area contributed by atoms with E-state index in [-0.39, 0.29) is 30.9 Å². The molecule has 2 rings (SSSR count). The van der Waals surface area contributed by atoms with Crippen molar-refractivity contribution in [3.63, 3.8) is 0 Å². The fourth-order valence-corrected chi connectivity index (χ4v) is 2.54. The maximum absolute atomic E-state index is 9.41. The first kappa shape index (κ1) is 15.5. The maximum Gasteiger partial charge on any atom is 0.0679 e. The minimum Gasteiger partial charge on any atom is -0.392 e. The SMILES string of the molecule is CN1CCC([C@@H]2C[C@@H](O)CN2)CC1.Cl.Cl. The summed E-state index contributed by atoms with van der Waals surface area (Å²) < 4.78 is 0. The molecule has 0 unspecified atom stereocenters. The Morgan fingerprint density at radius 2 is 1.80 bits per heavy atom. The van der Waals surface area contributed by atoms with Crippen LogP contribution in [0.4, 0.5) is 0 Å². The molecule has 0 aromatic carbocycles. The minimum absolute atomic E-state index is 0. The summed E-state index contributed by atoms with van der Waals surface area (Å²) in [4.78, 5) is 2.39. The molecule has 2 aliphatic heterocycles. The van der Waals surface area contributed by atoms with Crippen molar-refractivity contribution in [1.82, 2.24) is 10.2 Å². The van der Waals surface area contributed by atoms with Crippen LogP contribution in [-0.2, 0) is 0 Å². The van der Waals surface area contributed by atoms with Gasteiger partial charge in [-0.15, -0.1) is 24.8 Å². The Hall–Kier alpha value is 0.460. The highest BCUT2D eigenvalue weighted by Gasteiger charge is 2.30. The molecule has 0 saturated carbocycles. The van der Waals surface area contributed by atoms with Crippen LogP contribution in [0.25, 0.3) is 0 Å². The van der Waals surface area contributed by atoms with Gasteiger partial charge in [-0.25, -0.2) is 0 Å². The van der Waals surface area contributed by atoms with Crippen molar-refractivity contribution in [2.75, 3.05) is 26.7 Å². The maximum atomic E-state index is 9.41. The number of halogens is 2. The third-order valence-electron chi connectivity index (χ3n) is 3.47. The van der Waals surface area contributed by atoms with Gasteiger partial charge in [0.05, 0.1) is 6.10 Å². The Balaban J connectivity index is 0.000000980. The van der Waals surface area contributed by atoms with E-state index in [1.807, 2.05) is 0 Å². The van der Waals surface area contributed by atoms with Crippen LogP contribution in [0.1, 0.15) is 19.3 Å². The molecule has 2 fully saturated rings. The van der Waals surface area contributed by atoms with E-state index in [2.05, 4.69) is 17.3 Å². The molecule has 2 heterocycles. The van der Waals surface area contributed by atoms with Gasteiger partial charge in [0.15, 0.2) is 0 Å². The van der Waals surface area contributed by atoms with Crippen LogP contribution in [0.3, 0.4) is 0 Å². The number of nitrogens with one attached hydrogen (secondary N) is 1. The Labute approximate surface area is 104 Å². The van der Waals surface area contributed by atoms with Crippen LogP contribution >= 0.6 is 24.8 Å². The first-order valence-electron chi connectivity index (χ1n) is 5.35. The van der Waals surface area contributed by atoms with Gasteiger partial charge in [-0.05, 0) is 45.3 Å². The predicted octanol–water partition coefficient (Wildman–Crippen LogP) is 0.895. The lowest BCUT2D eigenvalue weighted by molar-refractivity contribution is 0.168. The van der Waals surface area contributed by atoms with Gasteiger partial charge < -0.3 is 15.3 Å². The first-order chi connectivity index (χ1) is 6.25. The summed E-state index contributed by atoms with van der Waals surface area (Å²) in [6.07, 6.45) is 3.46. The summed E-state index contributed by atoms with van der Waals surface area (Å²) >= 11 is 0. The van der Waals surface area contributed by atoms with Crippen molar-refractivity contribution in [2.24, 2.45) is 5.92 Å². The predicted molar refractivity (Wildman–Crippen MR) is 67.1 cm³/mol. The summed E-state index contributed by atoms with van der Waals surface area (Å²) in [5.74, 6) is 0.799. The number of rotatable bonds is 1. The largest absolute Gasteiger partial charge is 0.392 e. The number of aliphatic hydroxyl groups excluding tert-OH is 1. The Morgan fingerprint density at radius 3 is 2.27 bits per heavy atom. The van der Waals surface area contributed by atoms with E-state index in [0.29, 0.717) is 6.04 Å². The number of hydrogen-bond donors (Lipinski definition) is 2. The lowest BCUT2D eigenvalue weighted by Gasteiger charge is -2.32. The average Bonchev–Trinajstić information content (AvgIpc) is 2.53. The zero-order valence-electron chi connectivity index (χ0n) is 9.19. The molecular weight excluding hydrogens is 235 g/mol. The van der Waals surface area contributed by atoms with Gasteiger partial charge in [-0.3, -0.25) is 0 Å². The first-order valence-corrected chi connectivity index (χ1v) is 5.35. The standard InChI is InChI=1S/C10H20N2O.2ClH/c1-12-4-2-8(3-5-12)10-6-9(13)7-11-10;;/h8-11,13H,2-7H2,1H3;2*1H/t9-,10+;;/m1../s1. The number of β-amino-alcohol motifs (C(OH)–C–C–N with tert-alkyl or cyclic N) is 1. The van der Waals surface area contributed by atoms with Gasteiger partial charge in [0.2, 0.25) is 0 Å². The summed E-state index contributed by atoms with van der Waals surface area (Å²) in [6.45, 7) is 3.24. The number of hydrogen-bond acceptors (Lipinski definition) is 3. The van der Waals surface area contributed by atoms with Crippen LogP contribution in [-0.4, -0.2) is 48.8 Å². The molecule has 2 atom stereocenters. The van der Waals surface area contributed by atoms with E-state index in [4.69, 9.17) is 0 Å². The third kappa shape index (κ3) is 4.08. The van der Waals surface area contributed by atoms with Gasteiger partial charge in [0.25, 0.3) is 0 Å². The highest BCUT2D eigenvalue weighted by atomic mass is 35.5. The summed E-state index contributed by atoms with van der Waals surface area (Å²) in [5, 5.41) is 12.8. The van der Waals surface area contributed by atoms with E-state index < -0.39 is 0 Å². The van der Waals surface area contributed by atoms with Crippen molar-refractivity contribution < 1.29 is 5.11 Å². The second-order valence-corrected chi connectivity index (χ2v) is 4.54. The van der Waals surface area contributed by atoms with Crippen LogP contribution in [0.2, 0.25) is 0 Å². The minimum atomic E-state index is -0.0929. The van der Waals surface area contributed by atoms with Crippen molar-refractivity contribution in [1.29, 1.82) is 0 Å². The van der Waals surface area contributed by atoms with E-state index in [1.54, 1.807) is 0 Å². The summed E-state index contributed by atoms with van der Waals surface area (Å²) in [7, 11) is 2.19. The molecule has 5 heteroatoms. The van der Waals surface area contributed by atoms with Gasteiger partial charge in [0.1, 0.15) is 0 Å².